The highest BCUT2D eigenvalue weighted by atomic mass is 16.6. The van der Waals surface area contributed by atoms with E-state index in [0.29, 0.717) is 43.1 Å². The van der Waals surface area contributed by atoms with E-state index in [4.69, 9.17) is 10.5 Å². The third-order valence-corrected chi connectivity index (χ3v) is 9.54. The Kier molecular flexibility index (Phi) is 7.50. The summed E-state index contributed by atoms with van der Waals surface area (Å²) in [6.45, 7) is 11.3. The first kappa shape index (κ1) is 25.0. The molecule has 0 bridgehead atoms. The topological polar surface area (TPSA) is 92.8 Å². The average molecular weight is 438 g/mol. The minimum atomic E-state index is -0.417. The summed E-state index contributed by atoms with van der Waals surface area (Å²) in [4.78, 5) is 12.1. The Balaban J connectivity index is 1.68. The molecule has 0 saturated heterocycles. The van der Waals surface area contributed by atoms with E-state index >= 15 is 0 Å². The van der Waals surface area contributed by atoms with Crippen molar-refractivity contribution >= 4 is 5.97 Å². The SMILES string of the molecule is CC(C)(C)OC(=O)CCCC1CCC2C3C(O)CC(CO)C(C)(CCN)C3CCC12C. The number of carbonyl (C=O) groups excluding carboxylic acids is 1. The first-order valence-electron chi connectivity index (χ1n) is 12.7. The predicted molar refractivity (Wildman–Crippen MR) is 123 cm³/mol. The van der Waals surface area contributed by atoms with Crippen molar-refractivity contribution < 1.29 is 19.7 Å². The monoisotopic (exact) mass is 437 g/mol. The first-order chi connectivity index (χ1) is 14.5. The second-order valence-electron chi connectivity index (χ2n) is 12.3. The fourth-order valence-electron chi connectivity index (χ4n) is 7.97. The van der Waals surface area contributed by atoms with Gasteiger partial charge in [-0.25, -0.2) is 0 Å². The summed E-state index contributed by atoms with van der Waals surface area (Å²) in [7, 11) is 0. The Morgan fingerprint density at radius 1 is 1.13 bits per heavy atom. The summed E-state index contributed by atoms with van der Waals surface area (Å²) >= 11 is 0. The van der Waals surface area contributed by atoms with Crippen LogP contribution in [0.15, 0.2) is 0 Å². The summed E-state index contributed by atoms with van der Waals surface area (Å²) < 4.78 is 5.48. The zero-order chi connectivity index (χ0) is 23.0. The fourth-order valence-corrected chi connectivity index (χ4v) is 7.97. The number of hydrogen-bond donors (Lipinski definition) is 3. The van der Waals surface area contributed by atoms with Gasteiger partial charge >= 0.3 is 5.97 Å². The number of aliphatic hydroxyl groups excluding tert-OH is 2. The van der Waals surface area contributed by atoms with Crippen LogP contribution in [0.4, 0.5) is 0 Å². The van der Waals surface area contributed by atoms with E-state index in [1.165, 1.54) is 19.3 Å². The van der Waals surface area contributed by atoms with Crippen molar-refractivity contribution in [2.75, 3.05) is 13.2 Å². The minimum absolute atomic E-state index is 0.0174. The van der Waals surface area contributed by atoms with Gasteiger partial charge in [-0.15, -0.1) is 0 Å². The summed E-state index contributed by atoms with van der Waals surface area (Å²) in [6, 6.07) is 0. The summed E-state index contributed by atoms with van der Waals surface area (Å²) in [6.07, 6.45) is 8.42. The zero-order valence-corrected chi connectivity index (χ0v) is 20.5. The van der Waals surface area contributed by atoms with Gasteiger partial charge in [0.05, 0.1) is 6.10 Å². The molecule has 8 atom stereocenters. The lowest BCUT2D eigenvalue weighted by atomic mass is 9.45. The van der Waals surface area contributed by atoms with E-state index in [1.54, 1.807) is 0 Å². The van der Waals surface area contributed by atoms with Crippen molar-refractivity contribution in [1.29, 1.82) is 0 Å². The molecule has 0 amide bonds. The standard InChI is InChI=1S/C26H47NO4/c1-24(2,3)31-22(30)8-6-7-17-9-10-19-23-20(11-12-25(17,19)4)26(5,13-14-27)18(16-28)15-21(23)29/h17-21,23,28-29H,6-16,27H2,1-5H3. The van der Waals surface area contributed by atoms with Gasteiger partial charge in [0.15, 0.2) is 0 Å². The molecule has 3 fully saturated rings. The molecular weight excluding hydrogens is 390 g/mol. The van der Waals surface area contributed by atoms with Crippen molar-refractivity contribution in [1.82, 2.24) is 0 Å². The van der Waals surface area contributed by atoms with Crippen molar-refractivity contribution in [2.45, 2.75) is 104 Å². The quantitative estimate of drug-likeness (QED) is 0.517. The number of ether oxygens (including phenoxy) is 1. The van der Waals surface area contributed by atoms with E-state index < -0.39 is 5.60 Å². The van der Waals surface area contributed by atoms with E-state index in [2.05, 4.69) is 13.8 Å². The maximum absolute atomic E-state index is 12.1. The molecule has 0 heterocycles. The van der Waals surface area contributed by atoms with Crippen LogP contribution in [0.1, 0.15) is 92.4 Å². The van der Waals surface area contributed by atoms with Gasteiger partial charge in [0.2, 0.25) is 0 Å². The van der Waals surface area contributed by atoms with E-state index in [1.807, 2.05) is 20.8 Å². The van der Waals surface area contributed by atoms with E-state index in [0.717, 1.165) is 25.7 Å². The molecule has 0 aromatic rings. The molecule has 8 unspecified atom stereocenters. The molecule has 0 radical (unpaired) electrons. The van der Waals surface area contributed by atoms with Gasteiger partial charge in [0, 0.05) is 13.0 Å². The lowest BCUT2D eigenvalue weighted by Gasteiger charge is -2.60. The molecular formula is C26H47NO4. The van der Waals surface area contributed by atoms with Crippen LogP contribution >= 0.6 is 0 Å². The Morgan fingerprint density at radius 3 is 2.45 bits per heavy atom. The summed E-state index contributed by atoms with van der Waals surface area (Å²) in [5.74, 6) is 1.95. The molecule has 0 aliphatic heterocycles. The van der Waals surface area contributed by atoms with Crippen LogP contribution in [-0.2, 0) is 9.53 Å². The highest BCUT2D eigenvalue weighted by Crippen LogP contribution is 2.66. The van der Waals surface area contributed by atoms with Crippen LogP contribution < -0.4 is 5.73 Å². The molecule has 3 saturated carbocycles. The van der Waals surface area contributed by atoms with Crippen LogP contribution in [0.25, 0.3) is 0 Å². The molecule has 0 aromatic carbocycles. The van der Waals surface area contributed by atoms with Gasteiger partial charge in [-0.2, -0.15) is 0 Å². The predicted octanol–water partition coefficient (Wildman–Crippen LogP) is 4.29. The number of carbonyl (C=O) groups is 1. The fraction of sp³-hybridized carbons (Fsp3) is 0.962. The molecule has 4 N–H and O–H groups in total. The maximum atomic E-state index is 12.1. The molecule has 3 aliphatic carbocycles. The lowest BCUT2D eigenvalue weighted by molar-refractivity contribution is -0.161. The van der Waals surface area contributed by atoms with Crippen molar-refractivity contribution in [3.05, 3.63) is 0 Å². The Bertz CT molecular complexity index is 631. The smallest absolute Gasteiger partial charge is 0.306 e. The van der Waals surface area contributed by atoms with Crippen molar-refractivity contribution in [3.8, 4) is 0 Å². The third-order valence-electron chi connectivity index (χ3n) is 9.54. The molecule has 180 valence electrons. The van der Waals surface area contributed by atoms with Gasteiger partial charge in [-0.3, -0.25) is 4.79 Å². The van der Waals surface area contributed by atoms with Crippen LogP contribution in [0.2, 0.25) is 0 Å². The zero-order valence-electron chi connectivity index (χ0n) is 20.5. The van der Waals surface area contributed by atoms with E-state index in [-0.39, 0.29) is 35.4 Å². The Hall–Kier alpha value is -0.650. The Morgan fingerprint density at radius 2 is 1.84 bits per heavy atom. The number of hydrogen-bond acceptors (Lipinski definition) is 5. The third kappa shape index (κ3) is 4.84. The molecule has 31 heavy (non-hydrogen) atoms. The molecule has 0 aromatic heterocycles. The summed E-state index contributed by atoms with van der Waals surface area (Å²) in [5.41, 5.74) is 5.85. The number of fused-ring (bicyclic) bond motifs is 3. The Labute approximate surface area is 189 Å². The average Bonchev–Trinajstić information content (AvgIpc) is 2.99. The highest BCUT2D eigenvalue weighted by molar-refractivity contribution is 5.69. The van der Waals surface area contributed by atoms with Gasteiger partial charge < -0.3 is 20.7 Å². The number of esters is 1. The lowest BCUT2D eigenvalue weighted by Crippen LogP contribution is -2.58. The molecule has 3 aliphatic rings. The van der Waals surface area contributed by atoms with Gasteiger partial charge in [-0.1, -0.05) is 13.8 Å². The molecule has 5 heteroatoms. The highest BCUT2D eigenvalue weighted by Gasteiger charge is 2.61. The van der Waals surface area contributed by atoms with Gasteiger partial charge in [0.25, 0.3) is 0 Å². The van der Waals surface area contributed by atoms with E-state index in [9.17, 15) is 15.0 Å². The number of aliphatic hydroxyl groups is 2. The molecule has 3 rings (SSSR count). The number of rotatable bonds is 7. The van der Waals surface area contributed by atoms with Gasteiger partial charge in [0.1, 0.15) is 5.60 Å². The number of nitrogens with two attached hydrogens (primary N) is 1. The second kappa shape index (κ2) is 9.30. The minimum Gasteiger partial charge on any atom is -0.460 e. The van der Waals surface area contributed by atoms with Crippen molar-refractivity contribution in [3.63, 3.8) is 0 Å². The maximum Gasteiger partial charge on any atom is 0.306 e. The molecule has 0 spiro atoms. The van der Waals surface area contributed by atoms with Crippen LogP contribution in [0.5, 0.6) is 0 Å². The summed E-state index contributed by atoms with van der Waals surface area (Å²) in [5, 5.41) is 21.3. The molecule has 5 nitrogen and oxygen atoms in total. The largest absolute Gasteiger partial charge is 0.460 e. The van der Waals surface area contributed by atoms with Crippen molar-refractivity contribution in [2.24, 2.45) is 46.2 Å². The second-order valence-corrected chi connectivity index (χ2v) is 12.3. The van der Waals surface area contributed by atoms with Gasteiger partial charge in [-0.05, 0) is 119 Å². The first-order valence-corrected chi connectivity index (χ1v) is 12.7. The van der Waals surface area contributed by atoms with Crippen LogP contribution in [0.3, 0.4) is 0 Å². The van der Waals surface area contributed by atoms with Crippen LogP contribution in [-0.4, -0.2) is 41.0 Å². The normalized spacial score (nSPS) is 42.7. The van der Waals surface area contributed by atoms with Crippen LogP contribution in [0, 0.1) is 40.4 Å².